The minimum Gasteiger partial charge on any atom is -0.291 e. The molecule has 1 N–H and O–H groups in total. The summed E-state index contributed by atoms with van der Waals surface area (Å²) < 4.78 is 0. The molecule has 0 aliphatic heterocycles. The predicted octanol–water partition coefficient (Wildman–Crippen LogP) is 2.22. The molecule has 0 saturated heterocycles. The Balaban J connectivity index is 2.38. The Kier molecular flexibility index (Phi) is 2.69. The lowest BCUT2D eigenvalue weighted by Gasteiger charge is -2.16. The van der Waals surface area contributed by atoms with Crippen LogP contribution in [0.2, 0.25) is 0 Å². The molecule has 0 fully saturated rings. The van der Waals surface area contributed by atoms with Gasteiger partial charge in [-0.05, 0) is 24.3 Å². The van der Waals surface area contributed by atoms with Crippen molar-refractivity contribution in [2.24, 2.45) is 0 Å². The van der Waals surface area contributed by atoms with Gasteiger partial charge >= 0.3 is 0 Å². The molecule has 0 bridgehead atoms. The van der Waals surface area contributed by atoms with E-state index in [1.165, 1.54) is 6.34 Å². The van der Waals surface area contributed by atoms with Crippen LogP contribution in [0, 0.1) is 5.41 Å². The highest BCUT2D eigenvalue weighted by Gasteiger charge is 2.06. The fourth-order valence-electron chi connectivity index (χ4n) is 1.27. The Hall–Kier alpha value is -2.23. The maximum absolute atomic E-state index is 7.37. The molecule has 0 saturated carbocycles. The number of pyridine rings is 2. The molecule has 0 aromatic carbocycles. The van der Waals surface area contributed by atoms with Gasteiger partial charge in [-0.15, -0.1) is 0 Å². The van der Waals surface area contributed by atoms with Crippen molar-refractivity contribution in [1.82, 2.24) is 9.97 Å². The molecule has 2 aromatic rings. The van der Waals surface area contributed by atoms with Crippen LogP contribution >= 0.6 is 0 Å². The fourth-order valence-corrected chi connectivity index (χ4v) is 1.27. The van der Waals surface area contributed by atoms with Crippen LogP contribution in [0.15, 0.2) is 48.9 Å². The van der Waals surface area contributed by atoms with Crippen molar-refractivity contribution in [2.75, 3.05) is 4.90 Å². The molecule has 2 rings (SSSR count). The third-order valence-corrected chi connectivity index (χ3v) is 1.95. The van der Waals surface area contributed by atoms with E-state index >= 15 is 0 Å². The maximum atomic E-state index is 7.37. The zero-order valence-electron chi connectivity index (χ0n) is 8.04. The highest BCUT2D eigenvalue weighted by atomic mass is 15.2. The van der Waals surface area contributed by atoms with E-state index in [0.717, 1.165) is 5.69 Å². The lowest BCUT2D eigenvalue weighted by molar-refractivity contribution is 1.19. The molecule has 2 heterocycles. The summed E-state index contributed by atoms with van der Waals surface area (Å²) in [6, 6.07) is 9.28. The monoisotopic (exact) mass is 198 g/mol. The van der Waals surface area contributed by atoms with Gasteiger partial charge in [-0.25, -0.2) is 4.98 Å². The average Bonchev–Trinajstić information content (AvgIpc) is 2.33. The van der Waals surface area contributed by atoms with Gasteiger partial charge in [-0.2, -0.15) is 0 Å². The first-order chi connectivity index (χ1) is 7.42. The summed E-state index contributed by atoms with van der Waals surface area (Å²) in [5, 5.41) is 7.37. The number of anilines is 2. The van der Waals surface area contributed by atoms with Crippen LogP contribution in [0.4, 0.5) is 11.5 Å². The molecule has 4 nitrogen and oxygen atoms in total. The van der Waals surface area contributed by atoms with E-state index in [9.17, 15) is 0 Å². The van der Waals surface area contributed by atoms with E-state index in [1.807, 2.05) is 30.3 Å². The van der Waals surface area contributed by atoms with Gasteiger partial charge in [0.2, 0.25) is 0 Å². The van der Waals surface area contributed by atoms with Crippen LogP contribution in [0.3, 0.4) is 0 Å². The summed E-state index contributed by atoms with van der Waals surface area (Å²) in [6.45, 7) is 0. The summed E-state index contributed by atoms with van der Waals surface area (Å²) in [6.07, 6.45) is 6.31. The van der Waals surface area contributed by atoms with E-state index in [4.69, 9.17) is 5.41 Å². The number of hydrogen-bond acceptors (Lipinski definition) is 3. The van der Waals surface area contributed by atoms with E-state index in [-0.39, 0.29) is 0 Å². The third-order valence-electron chi connectivity index (χ3n) is 1.95. The Morgan fingerprint density at radius 2 is 2.07 bits per heavy atom. The van der Waals surface area contributed by atoms with Crippen LogP contribution in [-0.4, -0.2) is 16.3 Å². The topological polar surface area (TPSA) is 52.9 Å². The summed E-state index contributed by atoms with van der Waals surface area (Å²) in [7, 11) is 0. The molecular formula is C11H10N4. The maximum Gasteiger partial charge on any atom is 0.138 e. The Bertz CT molecular complexity index is 387. The summed E-state index contributed by atoms with van der Waals surface area (Å²) in [5.74, 6) is 0.709. The van der Waals surface area contributed by atoms with E-state index < -0.39 is 0 Å². The van der Waals surface area contributed by atoms with Crippen LogP contribution in [0.1, 0.15) is 0 Å². The Labute approximate surface area is 87.7 Å². The van der Waals surface area contributed by atoms with Crippen molar-refractivity contribution in [3.05, 3.63) is 48.9 Å². The molecule has 0 aliphatic carbocycles. The summed E-state index contributed by atoms with van der Waals surface area (Å²) in [4.78, 5) is 9.84. The molecule has 2 aromatic heterocycles. The molecule has 15 heavy (non-hydrogen) atoms. The Morgan fingerprint density at radius 1 is 1.13 bits per heavy atom. The quantitative estimate of drug-likeness (QED) is 0.607. The number of nitrogens with zero attached hydrogens (tertiary/aromatic N) is 3. The number of rotatable bonds is 3. The van der Waals surface area contributed by atoms with Gasteiger partial charge in [-0.1, -0.05) is 6.07 Å². The van der Waals surface area contributed by atoms with E-state index in [2.05, 4.69) is 9.97 Å². The molecule has 0 unspecified atom stereocenters. The first-order valence-electron chi connectivity index (χ1n) is 4.52. The van der Waals surface area contributed by atoms with Crippen LogP contribution < -0.4 is 4.90 Å². The van der Waals surface area contributed by atoms with Crippen molar-refractivity contribution in [1.29, 1.82) is 5.41 Å². The standard InChI is InChI=1S/C11H10N4/c12-9-15(10-4-3-6-13-8-10)11-5-1-2-7-14-11/h1-9,12H. The second-order valence-electron chi connectivity index (χ2n) is 2.90. The first kappa shape index (κ1) is 9.33. The second kappa shape index (κ2) is 4.32. The molecule has 0 aliphatic rings. The third kappa shape index (κ3) is 1.99. The highest BCUT2D eigenvalue weighted by Crippen LogP contribution is 2.19. The number of aromatic nitrogens is 2. The van der Waals surface area contributed by atoms with Gasteiger partial charge in [-0.3, -0.25) is 15.3 Å². The first-order valence-corrected chi connectivity index (χ1v) is 4.52. The van der Waals surface area contributed by atoms with E-state index in [0.29, 0.717) is 5.82 Å². The zero-order valence-corrected chi connectivity index (χ0v) is 8.04. The molecule has 0 radical (unpaired) electrons. The van der Waals surface area contributed by atoms with Crippen molar-refractivity contribution >= 4 is 17.8 Å². The molecule has 0 amide bonds. The highest BCUT2D eigenvalue weighted by molar-refractivity contribution is 5.85. The van der Waals surface area contributed by atoms with Crippen molar-refractivity contribution in [3.63, 3.8) is 0 Å². The minimum absolute atomic E-state index is 0.709. The normalized spacial score (nSPS) is 9.60. The van der Waals surface area contributed by atoms with Gasteiger partial charge in [0, 0.05) is 12.4 Å². The smallest absolute Gasteiger partial charge is 0.138 e. The molecule has 0 spiro atoms. The molecule has 4 heteroatoms. The van der Waals surface area contributed by atoms with Crippen molar-refractivity contribution in [3.8, 4) is 0 Å². The van der Waals surface area contributed by atoms with Gasteiger partial charge in [0.15, 0.2) is 0 Å². The SMILES string of the molecule is N=CN(c1cccnc1)c1ccccn1. The zero-order chi connectivity index (χ0) is 10.5. The molecular weight excluding hydrogens is 188 g/mol. The van der Waals surface area contributed by atoms with Gasteiger partial charge in [0.1, 0.15) is 5.82 Å². The van der Waals surface area contributed by atoms with Gasteiger partial charge in [0.05, 0.1) is 18.2 Å². The van der Waals surface area contributed by atoms with E-state index in [1.54, 1.807) is 23.5 Å². The van der Waals surface area contributed by atoms with Gasteiger partial charge in [0.25, 0.3) is 0 Å². The molecule has 74 valence electrons. The van der Waals surface area contributed by atoms with Crippen LogP contribution in [0.5, 0.6) is 0 Å². The van der Waals surface area contributed by atoms with Crippen LogP contribution in [-0.2, 0) is 0 Å². The Morgan fingerprint density at radius 3 is 2.67 bits per heavy atom. The van der Waals surface area contributed by atoms with Crippen molar-refractivity contribution < 1.29 is 0 Å². The summed E-state index contributed by atoms with van der Waals surface area (Å²) >= 11 is 0. The lowest BCUT2D eigenvalue weighted by atomic mass is 10.3. The lowest BCUT2D eigenvalue weighted by Crippen LogP contribution is -2.14. The van der Waals surface area contributed by atoms with Crippen LogP contribution in [0.25, 0.3) is 0 Å². The average molecular weight is 198 g/mol. The number of hydrogen-bond donors (Lipinski definition) is 1. The minimum atomic E-state index is 0.709. The second-order valence-corrected chi connectivity index (χ2v) is 2.90. The summed E-state index contributed by atoms with van der Waals surface area (Å²) in [5.41, 5.74) is 0.825. The number of nitrogens with one attached hydrogen (secondary N) is 1. The fraction of sp³-hybridized carbons (Fsp3) is 0. The predicted molar refractivity (Wildman–Crippen MR) is 59.4 cm³/mol. The molecule has 0 atom stereocenters. The largest absolute Gasteiger partial charge is 0.291 e. The van der Waals surface area contributed by atoms with Gasteiger partial charge < -0.3 is 0 Å². The van der Waals surface area contributed by atoms with Crippen molar-refractivity contribution in [2.45, 2.75) is 0 Å².